The first kappa shape index (κ1) is 17.0. The van der Waals surface area contributed by atoms with Crippen LogP contribution in [0.3, 0.4) is 0 Å². The molecule has 0 aliphatic rings. The minimum Gasteiger partial charge on any atom is -0.508 e. The zero-order valence-corrected chi connectivity index (χ0v) is 13.1. The average Bonchev–Trinajstić information content (AvgIpc) is 2.50. The third-order valence-electron chi connectivity index (χ3n) is 3.37. The predicted molar refractivity (Wildman–Crippen MR) is 86.0 cm³/mol. The van der Waals surface area contributed by atoms with Crippen LogP contribution in [0.4, 0.5) is 10.1 Å². The molecule has 0 saturated heterocycles. The summed E-state index contributed by atoms with van der Waals surface area (Å²) in [6, 6.07) is 10.1. The molecule has 1 atom stereocenters. The number of anilines is 1. The van der Waals surface area contributed by atoms with E-state index in [1.807, 2.05) is 0 Å². The molecule has 4 nitrogen and oxygen atoms in total. The first-order valence-electron chi connectivity index (χ1n) is 6.91. The highest BCUT2D eigenvalue weighted by Gasteiger charge is 2.24. The lowest BCUT2D eigenvalue weighted by Gasteiger charge is -2.15. The number of rotatable bonds is 5. The van der Waals surface area contributed by atoms with Gasteiger partial charge < -0.3 is 10.4 Å². The quantitative estimate of drug-likeness (QED) is 0.821. The van der Waals surface area contributed by atoms with Crippen LogP contribution in [0.25, 0.3) is 0 Å². The molecule has 2 aromatic rings. The standard InChI is InChI=1S/C17H15ClFNO3/c1-10(21)14(8-11-2-4-12(18)5-3-11)17(23)20-16-9-13(22)6-7-15(16)19/h2-7,9,14,22H,8H2,1H3,(H,20,23). The second kappa shape index (κ2) is 7.24. The van der Waals surface area contributed by atoms with Crippen LogP contribution >= 0.6 is 11.6 Å². The molecule has 0 saturated carbocycles. The van der Waals surface area contributed by atoms with Gasteiger partial charge in [-0.2, -0.15) is 0 Å². The molecule has 0 aliphatic carbocycles. The number of hydrogen-bond acceptors (Lipinski definition) is 3. The number of carbonyl (C=O) groups excluding carboxylic acids is 2. The van der Waals surface area contributed by atoms with Gasteiger partial charge in [-0.3, -0.25) is 9.59 Å². The fourth-order valence-electron chi connectivity index (χ4n) is 2.11. The fraction of sp³-hybridized carbons (Fsp3) is 0.176. The van der Waals surface area contributed by atoms with E-state index in [2.05, 4.69) is 5.32 Å². The van der Waals surface area contributed by atoms with E-state index in [-0.39, 0.29) is 23.6 Å². The van der Waals surface area contributed by atoms with Crippen molar-refractivity contribution >= 4 is 29.0 Å². The van der Waals surface area contributed by atoms with Crippen molar-refractivity contribution in [2.24, 2.45) is 5.92 Å². The number of Topliss-reactive ketones (excluding diaryl/α,β-unsaturated/α-hetero) is 1. The van der Waals surface area contributed by atoms with Gasteiger partial charge in [-0.1, -0.05) is 23.7 Å². The minimum atomic E-state index is -0.960. The predicted octanol–water partition coefficient (Wildman–Crippen LogP) is 3.57. The van der Waals surface area contributed by atoms with Gasteiger partial charge in [0, 0.05) is 11.1 Å². The second-order valence-corrected chi connectivity index (χ2v) is 5.58. The van der Waals surface area contributed by atoms with Gasteiger partial charge in [0.15, 0.2) is 0 Å². The molecule has 6 heteroatoms. The topological polar surface area (TPSA) is 66.4 Å². The second-order valence-electron chi connectivity index (χ2n) is 5.15. The number of amides is 1. The lowest BCUT2D eigenvalue weighted by molar-refractivity contribution is -0.129. The Bertz CT molecular complexity index is 731. The van der Waals surface area contributed by atoms with E-state index in [1.165, 1.54) is 13.0 Å². The molecule has 0 aliphatic heterocycles. The van der Waals surface area contributed by atoms with Gasteiger partial charge in [-0.05, 0) is 43.2 Å². The monoisotopic (exact) mass is 335 g/mol. The molecule has 23 heavy (non-hydrogen) atoms. The molecule has 0 radical (unpaired) electrons. The van der Waals surface area contributed by atoms with Crippen molar-refractivity contribution in [1.82, 2.24) is 0 Å². The number of benzene rings is 2. The number of nitrogens with one attached hydrogen (secondary N) is 1. The van der Waals surface area contributed by atoms with Crippen molar-refractivity contribution in [2.45, 2.75) is 13.3 Å². The summed E-state index contributed by atoms with van der Waals surface area (Å²) in [7, 11) is 0. The molecule has 2 N–H and O–H groups in total. The van der Waals surface area contributed by atoms with Crippen molar-refractivity contribution in [3.8, 4) is 5.75 Å². The van der Waals surface area contributed by atoms with Gasteiger partial charge in [0.25, 0.3) is 0 Å². The normalized spacial score (nSPS) is 11.8. The molecular formula is C17H15ClFNO3. The summed E-state index contributed by atoms with van der Waals surface area (Å²) < 4.78 is 13.6. The van der Waals surface area contributed by atoms with Gasteiger partial charge in [0.05, 0.1) is 5.69 Å². The molecule has 0 spiro atoms. The van der Waals surface area contributed by atoms with E-state index in [9.17, 15) is 19.1 Å². The molecule has 0 bridgehead atoms. The van der Waals surface area contributed by atoms with Crippen LogP contribution in [0.1, 0.15) is 12.5 Å². The van der Waals surface area contributed by atoms with Crippen LogP contribution in [-0.2, 0) is 16.0 Å². The Morgan fingerprint density at radius 3 is 2.48 bits per heavy atom. The molecule has 0 fully saturated rings. The first-order valence-corrected chi connectivity index (χ1v) is 7.29. The van der Waals surface area contributed by atoms with E-state index in [4.69, 9.17) is 11.6 Å². The zero-order valence-electron chi connectivity index (χ0n) is 12.3. The summed E-state index contributed by atoms with van der Waals surface area (Å²) in [4.78, 5) is 24.1. The van der Waals surface area contributed by atoms with E-state index in [0.29, 0.717) is 5.02 Å². The van der Waals surface area contributed by atoms with Crippen molar-refractivity contribution in [3.63, 3.8) is 0 Å². The Morgan fingerprint density at radius 1 is 1.22 bits per heavy atom. The molecular weight excluding hydrogens is 321 g/mol. The summed E-state index contributed by atoms with van der Waals surface area (Å²) in [5.74, 6) is -2.79. The molecule has 2 rings (SSSR count). The van der Waals surface area contributed by atoms with Crippen molar-refractivity contribution < 1.29 is 19.1 Å². The molecule has 1 amide bonds. The number of halogens is 2. The summed E-state index contributed by atoms with van der Waals surface area (Å²) >= 11 is 5.80. The average molecular weight is 336 g/mol. The smallest absolute Gasteiger partial charge is 0.235 e. The summed E-state index contributed by atoms with van der Waals surface area (Å²) in [6.45, 7) is 1.30. The van der Waals surface area contributed by atoms with Gasteiger partial charge >= 0.3 is 0 Å². The fourth-order valence-corrected chi connectivity index (χ4v) is 2.23. The Hall–Kier alpha value is -2.40. The van der Waals surface area contributed by atoms with Crippen LogP contribution in [0.15, 0.2) is 42.5 Å². The molecule has 1 unspecified atom stereocenters. The van der Waals surface area contributed by atoms with E-state index in [0.717, 1.165) is 17.7 Å². The maximum absolute atomic E-state index is 13.6. The van der Waals surface area contributed by atoms with Crippen molar-refractivity contribution in [1.29, 1.82) is 0 Å². The molecule has 120 valence electrons. The van der Waals surface area contributed by atoms with E-state index in [1.54, 1.807) is 24.3 Å². The Balaban J connectivity index is 2.17. The van der Waals surface area contributed by atoms with Gasteiger partial charge in [0.1, 0.15) is 23.3 Å². The lowest BCUT2D eigenvalue weighted by atomic mass is 9.95. The van der Waals surface area contributed by atoms with Crippen LogP contribution in [0, 0.1) is 11.7 Å². The third-order valence-corrected chi connectivity index (χ3v) is 3.62. The summed E-state index contributed by atoms with van der Waals surface area (Å²) in [5, 5.41) is 12.3. The molecule has 0 heterocycles. The van der Waals surface area contributed by atoms with Gasteiger partial charge in [0.2, 0.25) is 5.91 Å². The lowest BCUT2D eigenvalue weighted by Crippen LogP contribution is -2.30. The Kier molecular flexibility index (Phi) is 5.34. The highest BCUT2D eigenvalue weighted by Crippen LogP contribution is 2.22. The highest BCUT2D eigenvalue weighted by atomic mass is 35.5. The number of phenolic OH excluding ortho intramolecular Hbond substituents is 1. The Morgan fingerprint density at radius 2 is 1.87 bits per heavy atom. The van der Waals surface area contributed by atoms with Crippen LogP contribution in [0.5, 0.6) is 5.75 Å². The number of carbonyl (C=O) groups is 2. The summed E-state index contributed by atoms with van der Waals surface area (Å²) in [5.41, 5.74) is 0.596. The van der Waals surface area contributed by atoms with Crippen molar-refractivity contribution in [2.75, 3.05) is 5.32 Å². The molecule has 0 aromatic heterocycles. The maximum atomic E-state index is 13.6. The van der Waals surface area contributed by atoms with Crippen LogP contribution < -0.4 is 5.32 Å². The Labute approximate surface area is 137 Å². The van der Waals surface area contributed by atoms with Crippen LogP contribution in [-0.4, -0.2) is 16.8 Å². The van der Waals surface area contributed by atoms with Gasteiger partial charge in [-0.25, -0.2) is 4.39 Å². The minimum absolute atomic E-state index is 0.169. The highest BCUT2D eigenvalue weighted by molar-refractivity contribution is 6.30. The largest absolute Gasteiger partial charge is 0.508 e. The van der Waals surface area contributed by atoms with Crippen LogP contribution in [0.2, 0.25) is 5.02 Å². The number of aromatic hydroxyl groups is 1. The maximum Gasteiger partial charge on any atom is 0.235 e. The van der Waals surface area contributed by atoms with Crippen molar-refractivity contribution in [3.05, 3.63) is 58.9 Å². The first-order chi connectivity index (χ1) is 10.9. The SMILES string of the molecule is CC(=O)C(Cc1ccc(Cl)cc1)C(=O)Nc1cc(O)ccc1F. The number of phenols is 1. The van der Waals surface area contributed by atoms with Gasteiger partial charge in [-0.15, -0.1) is 0 Å². The molecule has 2 aromatic carbocycles. The summed E-state index contributed by atoms with van der Waals surface area (Å²) in [6.07, 6.45) is 0.179. The van der Waals surface area contributed by atoms with E-state index < -0.39 is 17.6 Å². The van der Waals surface area contributed by atoms with E-state index >= 15 is 0 Å². The zero-order chi connectivity index (χ0) is 17.0. The number of hydrogen-bond donors (Lipinski definition) is 2. The third kappa shape index (κ3) is 4.53. The number of ketones is 1.